The summed E-state index contributed by atoms with van der Waals surface area (Å²) in [6.07, 6.45) is 5.36. The zero-order valence-electron chi connectivity index (χ0n) is 20.2. The number of hydrazone groups is 1. The number of nitrogens with one attached hydrogen (secondary N) is 1. The molecule has 8 heteroatoms. The first-order chi connectivity index (χ1) is 16.6. The molecule has 1 aliphatic rings. The fraction of sp³-hybridized carbons (Fsp3) is 0.296. The fourth-order valence-corrected chi connectivity index (χ4v) is 4.21. The Kier molecular flexibility index (Phi) is 6.35. The second kappa shape index (κ2) is 9.26. The molecule has 1 aromatic heterocycles. The maximum atomic E-state index is 13.4. The number of fused-ring (bicyclic) bond motifs is 2. The van der Waals surface area contributed by atoms with E-state index in [1.807, 2.05) is 19.9 Å². The van der Waals surface area contributed by atoms with Crippen molar-refractivity contribution in [2.24, 2.45) is 5.10 Å². The van der Waals surface area contributed by atoms with Crippen LogP contribution >= 0.6 is 0 Å². The normalized spacial score (nSPS) is 14.7. The van der Waals surface area contributed by atoms with Gasteiger partial charge in [0.15, 0.2) is 0 Å². The Morgan fingerprint density at radius 2 is 2.03 bits per heavy atom. The van der Waals surface area contributed by atoms with E-state index in [0.717, 1.165) is 5.56 Å². The highest BCUT2D eigenvalue weighted by Crippen LogP contribution is 2.41. The van der Waals surface area contributed by atoms with Gasteiger partial charge in [0.2, 0.25) is 5.91 Å². The molecule has 3 aromatic rings. The van der Waals surface area contributed by atoms with Gasteiger partial charge in [0, 0.05) is 30.2 Å². The number of anilines is 1. The molecule has 2 amide bonds. The number of hydrogen-bond acceptors (Lipinski definition) is 5. The monoisotopic (exact) mass is 474 g/mol. The third-order valence-electron chi connectivity index (χ3n) is 6.13. The van der Waals surface area contributed by atoms with Crippen LogP contribution in [0.4, 0.5) is 10.1 Å². The Hall–Kier alpha value is -4.12. The highest BCUT2D eigenvalue weighted by Gasteiger charge is 2.43. The molecule has 1 N–H and O–H groups in total. The van der Waals surface area contributed by atoms with Gasteiger partial charge in [0.1, 0.15) is 22.9 Å². The molecule has 0 unspecified atom stereocenters. The zero-order valence-corrected chi connectivity index (χ0v) is 20.2. The smallest absolute Gasteiger partial charge is 0.251 e. The molecule has 7 nitrogen and oxygen atoms in total. The van der Waals surface area contributed by atoms with Crippen molar-refractivity contribution < 1.29 is 18.4 Å². The highest BCUT2D eigenvalue weighted by molar-refractivity contribution is 6.09. The average Bonchev–Trinajstić information content (AvgIpc) is 3.31. The average molecular weight is 475 g/mol. The van der Waals surface area contributed by atoms with Crippen molar-refractivity contribution in [3.63, 3.8) is 0 Å². The van der Waals surface area contributed by atoms with Gasteiger partial charge in [-0.15, -0.1) is 6.42 Å². The molecule has 0 saturated heterocycles. The van der Waals surface area contributed by atoms with Gasteiger partial charge in [-0.1, -0.05) is 12.0 Å². The number of halogens is 1. The van der Waals surface area contributed by atoms with Crippen molar-refractivity contribution in [2.75, 3.05) is 25.0 Å². The lowest BCUT2D eigenvalue weighted by Gasteiger charge is -2.23. The lowest BCUT2D eigenvalue weighted by atomic mass is 9.86. The minimum Gasteiger partial charge on any atom is -0.459 e. The lowest BCUT2D eigenvalue weighted by molar-refractivity contribution is -0.122. The number of rotatable bonds is 7. The number of terminal acetylenes is 1. The molecule has 0 atom stereocenters. The predicted octanol–water partition coefficient (Wildman–Crippen LogP) is 4.07. The number of furan rings is 1. The first-order valence-electron chi connectivity index (χ1n) is 11.3. The number of likely N-dealkylation sites (N-methyl/N-ethyl adjacent to an activating group) is 1. The van der Waals surface area contributed by atoms with Crippen LogP contribution in [-0.2, 0) is 16.8 Å². The largest absolute Gasteiger partial charge is 0.459 e. The van der Waals surface area contributed by atoms with Crippen LogP contribution in [-0.4, -0.2) is 42.7 Å². The van der Waals surface area contributed by atoms with Crippen molar-refractivity contribution in [3.05, 3.63) is 65.2 Å². The molecule has 0 fully saturated rings. The lowest BCUT2D eigenvalue weighted by Crippen LogP contribution is -2.39. The van der Waals surface area contributed by atoms with E-state index in [4.69, 9.17) is 10.8 Å². The Bertz CT molecular complexity index is 1380. The first kappa shape index (κ1) is 24.0. The molecule has 2 aromatic carbocycles. The van der Waals surface area contributed by atoms with E-state index < -0.39 is 5.41 Å². The van der Waals surface area contributed by atoms with Crippen LogP contribution in [0.2, 0.25) is 0 Å². The summed E-state index contributed by atoms with van der Waals surface area (Å²) < 4.78 is 19.1. The maximum absolute atomic E-state index is 13.4. The Balaban J connectivity index is 1.50. The molecular formula is C27H27FN4O3. The second-order valence-corrected chi connectivity index (χ2v) is 9.10. The molecule has 35 heavy (non-hydrogen) atoms. The topological polar surface area (TPSA) is 78.1 Å². The van der Waals surface area contributed by atoms with E-state index >= 15 is 0 Å². The van der Waals surface area contributed by atoms with Gasteiger partial charge in [0.05, 0.1) is 18.5 Å². The predicted molar refractivity (Wildman–Crippen MR) is 134 cm³/mol. The van der Waals surface area contributed by atoms with Gasteiger partial charge in [-0.3, -0.25) is 14.6 Å². The summed E-state index contributed by atoms with van der Waals surface area (Å²) in [5, 5.41) is 9.44. The number of hydrogen-bond donors (Lipinski definition) is 1. The molecule has 0 aliphatic carbocycles. The van der Waals surface area contributed by atoms with E-state index in [1.54, 1.807) is 48.1 Å². The summed E-state index contributed by atoms with van der Waals surface area (Å²) >= 11 is 0. The number of carbonyl (C=O) groups excluding carboxylic acids is 2. The van der Waals surface area contributed by atoms with Gasteiger partial charge in [-0.2, -0.15) is 5.10 Å². The third-order valence-corrected chi connectivity index (χ3v) is 6.13. The van der Waals surface area contributed by atoms with Gasteiger partial charge in [0.25, 0.3) is 5.91 Å². The van der Waals surface area contributed by atoms with E-state index in [-0.39, 0.29) is 24.2 Å². The quantitative estimate of drug-likeness (QED) is 0.318. The summed E-state index contributed by atoms with van der Waals surface area (Å²) in [5.41, 5.74) is 2.40. The Labute approximate surface area is 203 Å². The van der Waals surface area contributed by atoms with Crippen molar-refractivity contribution in [2.45, 2.75) is 32.7 Å². The number of nitrogens with zero attached hydrogens (tertiary/aromatic N) is 3. The molecule has 180 valence electrons. The Morgan fingerprint density at radius 3 is 2.77 bits per heavy atom. The van der Waals surface area contributed by atoms with Crippen LogP contribution in [0, 0.1) is 18.2 Å². The van der Waals surface area contributed by atoms with E-state index in [9.17, 15) is 14.0 Å². The third kappa shape index (κ3) is 4.76. The van der Waals surface area contributed by atoms with E-state index in [1.165, 1.54) is 12.1 Å². The molecule has 0 saturated carbocycles. The summed E-state index contributed by atoms with van der Waals surface area (Å²) in [6, 6.07) is 11.2. The molecule has 4 rings (SSSR count). The minimum absolute atomic E-state index is 0.0365. The van der Waals surface area contributed by atoms with E-state index in [0.29, 0.717) is 46.8 Å². The van der Waals surface area contributed by atoms with Gasteiger partial charge in [-0.25, -0.2) is 4.39 Å². The van der Waals surface area contributed by atoms with Crippen molar-refractivity contribution in [1.29, 1.82) is 0 Å². The van der Waals surface area contributed by atoms with Crippen molar-refractivity contribution in [3.8, 4) is 12.3 Å². The summed E-state index contributed by atoms with van der Waals surface area (Å²) in [7, 11) is 1.80. The van der Waals surface area contributed by atoms with Crippen LogP contribution in [0.15, 0.2) is 52.0 Å². The van der Waals surface area contributed by atoms with Crippen LogP contribution in [0.5, 0.6) is 0 Å². The van der Waals surface area contributed by atoms with Gasteiger partial charge >= 0.3 is 0 Å². The summed E-state index contributed by atoms with van der Waals surface area (Å²) in [4.78, 5) is 27.8. The second-order valence-electron chi connectivity index (χ2n) is 9.10. The maximum Gasteiger partial charge on any atom is 0.251 e. The number of carbonyl (C=O) groups is 2. The fourth-order valence-electron chi connectivity index (χ4n) is 4.21. The molecule has 1 aliphatic heterocycles. The summed E-state index contributed by atoms with van der Waals surface area (Å²) in [5.74, 6) is 2.30. The van der Waals surface area contributed by atoms with Crippen molar-refractivity contribution in [1.82, 2.24) is 10.3 Å². The van der Waals surface area contributed by atoms with E-state index in [2.05, 4.69) is 16.3 Å². The van der Waals surface area contributed by atoms with Crippen LogP contribution < -0.4 is 10.2 Å². The highest BCUT2D eigenvalue weighted by atomic mass is 19.1. The summed E-state index contributed by atoms with van der Waals surface area (Å²) in [6.45, 7) is 6.52. The van der Waals surface area contributed by atoms with Crippen molar-refractivity contribution >= 4 is 34.2 Å². The number of benzene rings is 2. The van der Waals surface area contributed by atoms with Gasteiger partial charge in [-0.05, 0) is 62.7 Å². The van der Waals surface area contributed by atoms with Gasteiger partial charge < -0.3 is 14.6 Å². The zero-order chi connectivity index (χ0) is 25.3. The molecule has 0 spiro atoms. The molecule has 0 bridgehead atoms. The first-order valence-corrected chi connectivity index (χ1v) is 11.3. The molecule has 2 heterocycles. The SMILES string of the molecule is C#C/C(C)=N\N(C)CCN1C(=O)C(C)(C)c2ccc(C(=O)NCc3cc4cc(F)ccc4o3)cc21. The molecule has 0 radical (unpaired) electrons. The minimum atomic E-state index is -0.704. The van der Waals surface area contributed by atoms with Crippen LogP contribution in [0.25, 0.3) is 11.0 Å². The van der Waals surface area contributed by atoms with Crippen LogP contribution in [0.1, 0.15) is 42.5 Å². The Morgan fingerprint density at radius 1 is 1.26 bits per heavy atom. The standard InChI is InChI=1S/C27H27FN4O3/c1-6-17(2)30-31(5)11-12-32-23-15-18(7-9-22(23)27(3,4)26(32)34)25(33)29-16-21-14-19-13-20(28)8-10-24(19)35-21/h1,7-10,13-15H,11-12,16H2,2-5H3,(H,29,33)/b30-17-. The number of amides is 2. The molecular weight excluding hydrogens is 447 g/mol. The van der Waals surface area contributed by atoms with Crippen LogP contribution in [0.3, 0.4) is 0 Å².